The second kappa shape index (κ2) is 7.28. The molecule has 120 valence electrons. The SMILES string of the molecule is CN(C(=O)CN1CCCCCC1)C1CCCc2ccccc21. The summed E-state index contributed by atoms with van der Waals surface area (Å²) < 4.78 is 0. The molecule has 1 heterocycles. The second-order valence-electron chi connectivity index (χ2n) is 6.80. The fourth-order valence-corrected chi connectivity index (χ4v) is 3.90. The van der Waals surface area contributed by atoms with E-state index in [1.54, 1.807) is 0 Å². The van der Waals surface area contributed by atoms with Crippen LogP contribution in [0.25, 0.3) is 0 Å². The summed E-state index contributed by atoms with van der Waals surface area (Å²) in [6, 6.07) is 8.90. The summed E-state index contributed by atoms with van der Waals surface area (Å²) in [5.41, 5.74) is 2.79. The van der Waals surface area contributed by atoms with Gasteiger partial charge in [0.15, 0.2) is 0 Å². The van der Waals surface area contributed by atoms with Gasteiger partial charge in [-0.3, -0.25) is 9.69 Å². The van der Waals surface area contributed by atoms with E-state index in [0.717, 1.165) is 25.9 Å². The van der Waals surface area contributed by atoms with Crippen LogP contribution >= 0.6 is 0 Å². The van der Waals surface area contributed by atoms with Gasteiger partial charge in [-0.25, -0.2) is 0 Å². The fraction of sp³-hybridized carbons (Fsp3) is 0.632. The van der Waals surface area contributed by atoms with Crippen molar-refractivity contribution in [3.63, 3.8) is 0 Å². The molecule has 0 radical (unpaired) electrons. The summed E-state index contributed by atoms with van der Waals surface area (Å²) in [4.78, 5) is 17.1. The number of hydrogen-bond acceptors (Lipinski definition) is 2. The smallest absolute Gasteiger partial charge is 0.237 e. The van der Waals surface area contributed by atoms with Crippen molar-refractivity contribution in [3.05, 3.63) is 35.4 Å². The summed E-state index contributed by atoms with van der Waals surface area (Å²) in [6.45, 7) is 2.76. The van der Waals surface area contributed by atoms with Crippen LogP contribution in [0.3, 0.4) is 0 Å². The van der Waals surface area contributed by atoms with Gasteiger partial charge in [0, 0.05) is 7.05 Å². The van der Waals surface area contributed by atoms with E-state index in [1.165, 1.54) is 43.2 Å². The Morgan fingerprint density at radius 3 is 2.64 bits per heavy atom. The van der Waals surface area contributed by atoms with Gasteiger partial charge in [-0.2, -0.15) is 0 Å². The molecule has 0 saturated carbocycles. The Morgan fingerprint density at radius 2 is 1.86 bits per heavy atom. The summed E-state index contributed by atoms with van der Waals surface area (Å²) in [7, 11) is 1.99. The number of likely N-dealkylation sites (N-methyl/N-ethyl adjacent to an activating group) is 1. The molecule has 3 nitrogen and oxygen atoms in total. The number of carbonyl (C=O) groups is 1. The predicted octanol–water partition coefficient (Wildman–Crippen LogP) is 3.40. The first kappa shape index (κ1) is 15.5. The highest BCUT2D eigenvalue weighted by atomic mass is 16.2. The Bertz CT molecular complexity index is 506. The van der Waals surface area contributed by atoms with E-state index in [2.05, 4.69) is 29.2 Å². The van der Waals surface area contributed by atoms with Crippen LogP contribution in [0.5, 0.6) is 0 Å². The lowest BCUT2D eigenvalue weighted by Crippen LogP contribution is -2.41. The standard InChI is InChI=1S/C19H28N2O/c1-20(19(22)15-21-13-6-2-3-7-14-21)18-12-8-10-16-9-4-5-11-17(16)18/h4-5,9,11,18H,2-3,6-8,10,12-15H2,1H3. The molecule has 0 bridgehead atoms. The van der Waals surface area contributed by atoms with E-state index in [4.69, 9.17) is 0 Å². The number of hydrogen-bond donors (Lipinski definition) is 0. The summed E-state index contributed by atoms with van der Waals surface area (Å²) in [6.07, 6.45) is 8.54. The predicted molar refractivity (Wildman–Crippen MR) is 89.8 cm³/mol. The molecule has 1 unspecified atom stereocenters. The van der Waals surface area contributed by atoms with Crippen LogP contribution in [-0.4, -0.2) is 42.4 Å². The van der Waals surface area contributed by atoms with E-state index >= 15 is 0 Å². The third kappa shape index (κ3) is 3.52. The van der Waals surface area contributed by atoms with Gasteiger partial charge in [0.25, 0.3) is 0 Å². The number of fused-ring (bicyclic) bond motifs is 1. The van der Waals surface area contributed by atoms with Gasteiger partial charge < -0.3 is 4.90 Å². The number of aryl methyl sites for hydroxylation is 1. The molecule has 0 N–H and O–H groups in total. The normalized spacial score (nSPS) is 22.7. The summed E-state index contributed by atoms with van der Waals surface area (Å²) in [5, 5.41) is 0. The quantitative estimate of drug-likeness (QED) is 0.854. The molecule has 1 amide bonds. The van der Waals surface area contributed by atoms with Crippen LogP contribution in [0, 0.1) is 0 Å². The minimum absolute atomic E-state index is 0.268. The number of benzene rings is 1. The van der Waals surface area contributed by atoms with Gasteiger partial charge in [-0.05, 0) is 56.3 Å². The maximum Gasteiger partial charge on any atom is 0.237 e. The number of rotatable bonds is 3. The topological polar surface area (TPSA) is 23.6 Å². The van der Waals surface area contributed by atoms with Crippen molar-refractivity contribution in [2.75, 3.05) is 26.7 Å². The van der Waals surface area contributed by atoms with E-state index < -0.39 is 0 Å². The average molecular weight is 300 g/mol. The molecule has 1 aliphatic carbocycles. The van der Waals surface area contributed by atoms with Gasteiger partial charge in [0.1, 0.15) is 0 Å². The summed E-state index contributed by atoms with van der Waals surface area (Å²) in [5.74, 6) is 0.281. The van der Waals surface area contributed by atoms with E-state index in [0.29, 0.717) is 6.54 Å². The van der Waals surface area contributed by atoms with E-state index in [9.17, 15) is 4.79 Å². The lowest BCUT2D eigenvalue weighted by molar-refractivity contribution is -0.133. The lowest BCUT2D eigenvalue weighted by Gasteiger charge is -2.34. The highest BCUT2D eigenvalue weighted by Crippen LogP contribution is 2.33. The Balaban J connectivity index is 1.66. The molecular weight excluding hydrogens is 272 g/mol. The fourth-order valence-electron chi connectivity index (χ4n) is 3.90. The molecule has 1 saturated heterocycles. The highest BCUT2D eigenvalue weighted by Gasteiger charge is 2.27. The number of amides is 1. The first-order chi connectivity index (χ1) is 10.8. The molecule has 0 spiro atoms. The first-order valence-corrected chi connectivity index (χ1v) is 8.81. The highest BCUT2D eigenvalue weighted by molar-refractivity contribution is 5.78. The van der Waals surface area contributed by atoms with Crippen molar-refractivity contribution < 1.29 is 4.79 Å². The van der Waals surface area contributed by atoms with Crippen LogP contribution in [-0.2, 0) is 11.2 Å². The monoisotopic (exact) mass is 300 g/mol. The van der Waals surface area contributed by atoms with Crippen LogP contribution < -0.4 is 0 Å². The Morgan fingerprint density at radius 1 is 1.14 bits per heavy atom. The van der Waals surface area contributed by atoms with E-state index in [1.807, 2.05) is 11.9 Å². The zero-order chi connectivity index (χ0) is 15.4. The van der Waals surface area contributed by atoms with Gasteiger partial charge in [-0.1, -0.05) is 37.1 Å². The van der Waals surface area contributed by atoms with Crippen molar-refractivity contribution in [2.45, 2.75) is 51.0 Å². The Labute approximate surface area is 134 Å². The average Bonchev–Trinajstić information content (AvgIpc) is 2.82. The molecule has 1 aromatic rings. The van der Waals surface area contributed by atoms with Crippen LogP contribution in [0.2, 0.25) is 0 Å². The molecule has 1 aromatic carbocycles. The molecule has 1 atom stereocenters. The third-order valence-corrected chi connectivity index (χ3v) is 5.26. The van der Waals surface area contributed by atoms with Crippen molar-refractivity contribution in [3.8, 4) is 0 Å². The van der Waals surface area contributed by atoms with E-state index in [-0.39, 0.29) is 11.9 Å². The maximum atomic E-state index is 12.7. The third-order valence-electron chi connectivity index (χ3n) is 5.26. The molecular formula is C19H28N2O. The largest absolute Gasteiger partial charge is 0.338 e. The number of likely N-dealkylation sites (tertiary alicyclic amines) is 1. The van der Waals surface area contributed by atoms with Crippen molar-refractivity contribution >= 4 is 5.91 Å². The Kier molecular flexibility index (Phi) is 5.14. The molecule has 3 heteroatoms. The van der Waals surface area contributed by atoms with Crippen LogP contribution in [0.1, 0.15) is 55.7 Å². The molecule has 0 aromatic heterocycles. The Hall–Kier alpha value is -1.35. The number of carbonyl (C=O) groups excluding carboxylic acids is 1. The van der Waals surface area contributed by atoms with Crippen LogP contribution in [0.15, 0.2) is 24.3 Å². The zero-order valence-corrected chi connectivity index (χ0v) is 13.8. The molecule has 3 rings (SSSR count). The maximum absolute atomic E-state index is 12.7. The molecule has 1 aliphatic heterocycles. The van der Waals surface area contributed by atoms with Crippen molar-refractivity contribution in [2.24, 2.45) is 0 Å². The van der Waals surface area contributed by atoms with Crippen molar-refractivity contribution in [1.82, 2.24) is 9.80 Å². The zero-order valence-electron chi connectivity index (χ0n) is 13.8. The van der Waals surface area contributed by atoms with Crippen LogP contribution in [0.4, 0.5) is 0 Å². The lowest BCUT2D eigenvalue weighted by atomic mass is 9.87. The number of nitrogens with zero attached hydrogens (tertiary/aromatic N) is 2. The summed E-state index contributed by atoms with van der Waals surface area (Å²) >= 11 is 0. The minimum Gasteiger partial charge on any atom is -0.338 e. The van der Waals surface area contributed by atoms with Gasteiger partial charge in [0.05, 0.1) is 12.6 Å². The van der Waals surface area contributed by atoms with Gasteiger partial charge in [-0.15, -0.1) is 0 Å². The molecule has 1 fully saturated rings. The van der Waals surface area contributed by atoms with Crippen molar-refractivity contribution in [1.29, 1.82) is 0 Å². The first-order valence-electron chi connectivity index (χ1n) is 8.81. The second-order valence-corrected chi connectivity index (χ2v) is 6.80. The molecule has 2 aliphatic rings. The van der Waals surface area contributed by atoms with Gasteiger partial charge >= 0.3 is 0 Å². The minimum atomic E-state index is 0.268. The molecule has 22 heavy (non-hydrogen) atoms. The van der Waals surface area contributed by atoms with Gasteiger partial charge in [0.2, 0.25) is 5.91 Å².